The van der Waals surface area contributed by atoms with E-state index in [1.807, 2.05) is 24.3 Å². The van der Waals surface area contributed by atoms with Crippen LogP contribution in [0.3, 0.4) is 0 Å². The van der Waals surface area contributed by atoms with Crippen molar-refractivity contribution in [2.24, 2.45) is 0 Å². The van der Waals surface area contributed by atoms with E-state index in [1.54, 1.807) is 16.7 Å². The predicted molar refractivity (Wildman–Crippen MR) is 116 cm³/mol. The third kappa shape index (κ3) is 4.00. The van der Waals surface area contributed by atoms with Crippen LogP contribution in [-0.2, 0) is 19.5 Å². The van der Waals surface area contributed by atoms with Gasteiger partial charge in [-0.05, 0) is 42.7 Å². The molecule has 0 radical (unpaired) electrons. The van der Waals surface area contributed by atoms with Gasteiger partial charge in [-0.2, -0.15) is 5.10 Å². The molecule has 1 aliphatic heterocycles. The number of para-hydroxylation sites is 1. The van der Waals surface area contributed by atoms with Gasteiger partial charge in [0.15, 0.2) is 5.01 Å². The molecule has 1 N–H and O–H groups in total. The minimum Gasteiger partial charge on any atom is -0.347 e. The van der Waals surface area contributed by atoms with E-state index < -0.39 is 0 Å². The first kappa shape index (κ1) is 19.6. The van der Waals surface area contributed by atoms with E-state index in [9.17, 15) is 14.0 Å². The van der Waals surface area contributed by atoms with Crippen LogP contribution in [0.4, 0.5) is 4.39 Å². The van der Waals surface area contributed by atoms with Crippen LogP contribution >= 0.6 is 11.3 Å². The number of halogens is 1. The Hall–Kier alpha value is -3.33. The molecule has 5 rings (SSSR count). The van der Waals surface area contributed by atoms with Crippen LogP contribution in [0.5, 0.6) is 0 Å². The quantitative estimate of drug-likeness (QED) is 0.532. The molecule has 1 aliphatic rings. The number of benzene rings is 2. The number of hydrogen-bond acceptors (Lipinski definition) is 5. The van der Waals surface area contributed by atoms with E-state index >= 15 is 0 Å². The van der Waals surface area contributed by atoms with Crippen molar-refractivity contribution in [3.8, 4) is 0 Å². The summed E-state index contributed by atoms with van der Waals surface area (Å²) in [5.41, 5.74) is 1.45. The summed E-state index contributed by atoms with van der Waals surface area (Å²) in [4.78, 5) is 29.9. The van der Waals surface area contributed by atoms with Crippen molar-refractivity contribution in [1.82, 2.24) is 24.6 Å². The standard InChI is InChI=1S/C22H20FN5O2S/c23-15-7-5-14(6-8-15)13-28-22(30)27-12-11-16(9-10-19(27)26-28)24-20(29)21-25-17-3-1-2-4-18(17)31-21/h1-8,16H,9-13H2,(H,24,29). The van der Waals surface area contributed by atoms with Gasteiger partial charge < -0.3 is 5.32 Å². The summed E-state index contributed by atoms with van der Waals surface area (Å²) in [5.74, 6) is 0.221. The maximum atomic E-state index is 13.1. The topological polar surface area (TPSA) is 81.8 Å². The van der Waals surface area contributed by atoms with Crippen LogP contribution in [0.1, 0.15) is 34.0 Å². The highest BCUT2D eigenvalue weighted by Gasteiger charge is 2.23. The van der Waals surface area contributed by atoms with Crippen molar-refractivity contribution in [3.05, 3.63) is 81.2 Å². The predicted octanol–water partition coefficient (Wildman–Crippen LogP) is 2.98. The third-order valence-corrected chi connectivity index (χ3v) is 6.52. The number of hydrogen-bond donors (Lipinski definition) is 1. The van der Waals surface area contributed by atoms with Crippen molar-refractivity contribution in [1.29, 1.82) is 0 Å². The lowest BCUT2D eigenvalue weighted by Crippen LogP contribution is -2.35. The zero-order valence-electron chi connectivity index (χ0n) is 16.6. The monoisotopic (exact) mass is 437 g/mol. The van der Waals surface area contributed by atoms with Gasteiger partial charge >= 0.3 is 5.69 Å². The minimum atomic E-state index is -0.310. The van der Waals surface area contributed by atoms with Gasteiger partial charge in [-0.3, -0.25) is 9.36 Å². The van der Waals surface area contributed by atoms with Crippen molar-refractivity contribution in [2.45, 2.75) is 38.4 Å². The Kier molecular flexibility index (Phi) is 5.11. The molecule has 0 bridgehead atoms. The highest BCUT2D eigenvalue weighted by molar-refractivity contribution is 7.20. The fourth-order valence-corrected chi connectivity index (χ4v) is 4.72. The summed E-state index contributed by atoms with van der Waals surface area (Å²) in [6, 6.07) is 13.7. The summed E-state index contributed by atoms with van der Waals surface area (Å²) in [7, 11) is 0. The number of carbonyl (C=O) groups is 1. The molecule has 9 heteroatoms. The van der Waals surface area contributed by atoms with Crippen LogP contribution in [0.15, 0.2) is 53.3 Å². The second kappa shape index (κ2) is 8.07. The van der Waals surface area contributed by atoms with E-state index in [1.165, 1.54) is 28.2 Å². The molecule has 1 atom stereocenters. The lowest BCUT2D eigenvalue weighted by Gasteiger charge is -2.14. The summed E-state index contributed by atoms with van der Waals surface area (Å²) < 4.78 is 17.2. The molecule has 0 fully saturated rings. The number of nitrogens with zero attached hydrogens (tertiary/aromatic N) is 4. The molecule has 0 spiro atoms. The van der Waals surface area contributed by atoms with Gasteiger partial charge in [0.25, 0.3) is 5.91 Å². The first-order valence-electron chi connectivity index (χ1n) is 10.1. The van der Waals surface area contributed by atoms with Gasteiger partial charge in [-0.1, -0.05) is 24.3 Å². The maximum Gasteiger partial charge on any atom is 0.346 e. The Morgan fingerprint density at radius 3 is 2.77 bits per heavy atom. The second-order valence-electron chi connectivity index (χ2n) is 7.62. The first-order valence-corrected chi connectivity index (χ1v) is 11.0. The molecule has 2 aromatic carbocycles. The number of aromatic nitrogens is 4. The van der Waals surface area contributed by atoms with Gasteiger partial charge in [-0.15, -0.1) is 11.3 Å². The smallest absolute Gasteiger partial charge is 0.346 e. The van der Waals surface area contributed by atoms with Gasteiger partial charge in [0.05, 0.1) is 16.8 Å². The normalized spacial score (nSPS) is 16.1. The highest BCUT2D eigenvalue weighted by Crippen LogP contribution is 2.22. The summed E-state index contributed by atoms with van der Waals surface area (Å²) in [5, 5.41) is 7.99. The second-order valence-corrected chi connectivity index (χ2v) is 8.65. The fourth-order valence-electron chi connectivity index (χ4n) is 3.85. The van der Waals surface area contributed by atoms with Crippen molar-refractivity contribution >= 4 is 27.5 Å². The van der Waals surface area contributed by atoms with Gasteiger partial charge in [0.2, 0.25) is 0 Å². The number of carbonyl (C=O) groups excluding carboxylic acids is 1. The molecule has 0 saturated carbocycles. The zero-order chi connectivity index (χ0) is 21.4. The van der Waals surface area contributed by atoms with Crippen LogP contribution < -0.4 is 11.0 Å². The number of aryl methyl sites for hydroxylation is 1. The number of fused-ring (bicyclic) bond motifs is 2. The Morgan fingerprint density at radius 1 is 1.16 bits per heavy atom. The number of rotatable bonds is 4. The lowest BCUT2D eigenvalue weighted by atomic mass is 10.1. The van der Waals surface area contributed by atoms with Crippen LogP contribution in [0.25, 0.3) is 10.2 Å². The van der Waals surface area contributed by atoms with E-state index in [4.69, 9.17) is 0 Å². The van der Waals surface area contributed by atoms with Gasteiger partial charge in [0.1, 0.15) is 11.6 Å². The number of amides is 1. The molecule has 7 nitrogen and oxygen atoms in total. The van der Waals surface area contributed by atoms with E-state index in [2.05, 4.69) is 15.4 Å². The SMILES string of the molecule is O=C(NC1CCc2nn(Cc3ccc(F)cc3)c(=O)n2CC1)c1nc2ccccc2s1. The minimum absolute atomic E-state index is 0.0499. The Bertz CT molecular complexity index is 1270. The number of nitrogens with one attached hydrogen (secondary N) is 1. The maximum absolute atomic E-state index is 13.1. The van der Waals surface area contributed by atoms with Gasteiger partial charge in [0, 0.05) is 19.0 Å². The van der Waals surface area contributed by atoms with Crippen LogP contribution in [0, 0.1) is 5.82 Å². The Morgan fingerprint density at radius 2 is 1.97 bits per heavy atom. The molecular formula is C22H20FN5O2S. The van der Waals surface area contributed by atoms with Gasteiger partial charge in [-0.25, -0.2) is 18.9 Å². The van der Waals surface area contributed by atoms with E-state index in [-0.39, 0.29) is 23.5 Å². The molecule has 0 saturated heterocycles. The summed E-state index contributed by atoms with van der Waals surface area (Å²) in [6.07, 6.45) is 1.94. The highest BCUT2D eigenvalue weighted by atomic mass is 32.1. The third-order valence-electron chi connectivity index (χ3n) is 5.49. The van der Waals surface area contributed by atoms with E-state index in [0.717, 1.165) is 15.8 Å². The molecule has 158 valence electrons. The average molecular weight is 438 g/mol. The molecular weight excluding hydrogens is 417 g/mol. The average Bonchev–Trinajstić information content (AvgIpc) is 3.26. The summed E-state index contributed by atoms with van der Waals surface area (Å²) >= 11 is 1.38. The summed E-state index contributed by atoms with van der Waals surface area (Å²) in [6.45, 7) is 0.791. The van der Waals surface area contributed by atoms with Crippen molar-refractivity contribution in [3.63, 3.8) is 0 Å². The van der Waals surface area contributed by atoms with Crippen LogP contribution in [-0.4, -0.2) is 31.3 Å². The molecule has 3 heterocycles. The molecule has 31 heavy (non-hydrogen) atoms. The molecule has 1 amide bonds. The molecule has 0 aliphatic carbocycles. The lowest BCUT2D eigenvalue weighted by molar-refractivity contribution is 0.0932. The Balaban J connectivity index is 1.26. The fraction of sp³-hybridized carbons (Fsp3) is 0.273. The molecule has 1 unspecified atom stereocenters. The van der Waals surface area contributed by atoms with Crippen molar-refractivity contribution in [2.75, 3.05) is 0 Å². The first-order chi connectivity index (χ1) is 15.1. The Labute approximate surface area is 181 Å². The van der Waals surface area contributed by atoms with E-state index in [0.29, 0.717) is 43.2 Å². The molecule has 2 aromatic heterocycles. The van der Waals surface area contributed by atoms with Crippen LogP contribution in [0.2, 0.25) is 0 Å². The van der Waals surface area contributed by atoms with Crippen molar-refractivity contribution < 1.29 is 9.18 Å². The zero-order valence-corrected chi connectivity index (χ0v) is 17.4. The molecule has 4 aromatic rings. The largest absolute Gasteiger partial charge is 0.347 e. The number of thiazole rings is 1.